The molecule has 4 heteroatoms. The molecule has 0 aliphatic rings. The molecule has 14 heavy (non-hydrogen) atoms. The molecule has 1 rings (SSSR count). The predicted octanol–water partition coefficient (Wildman–Crippen LogP) is 3.55. The Balaban J connectivity index is 2.91. The Morgan fingerprint density at radius 3 is 2.43 bits per heavy atom. The van der Waals surface area contributed by atoms with Gasteiger partial charge in [0.05, 0.1) is 0 Å². The molecule has 0 bridgehead atoms. The zero-order valence-corrected chi connectivity index (χ0v) is 7.66. The summed E-state index contributed by atoms with van der Waals surface area (Å²) < 4.78 is 51.3. The van der Waals surface area contributed by atoms with E-state index in [9.17, 15) is 17.6 Å². The number of alkyl halides is 2. The summed E-state index contributed by atoms with van der Waals surface area (Å²) in [6.07, 6.45) is -1.14. The molecule has 1 aromatic carbocycles. The number of hydrogen-bond donors (Lipinski definition) is 0. The minimum atomic E-state index is -2.98. The fraction of sp³-hybridized carbons (Fsp3) is 0.400. The molecule has 0 amide bonds. The second-order valence-corrected chi connectivity index (χ2v) is 3.12. The Morgan fingerprint density at radius 2 is 1.86 bits per heavy atom. The van der Waals surface area contributed by atoms with E-state index in [0.717, 1.165) is 18.2 Å². The highest BCUT2D eigenvalue weighted by Gasteiger charge is 2.27. The summed E-state index contributed by atoms with van der Waals surface area (Å²) >= 11 is 0. The third-order valence-corrected chi connectivity index (χ3v) is 1.97. The molecule has 0 heterocycles. The van der Waals surface area contributed by atoms with Gasteiger partial charge in [-0.15, -0.1) is 0 Å². The quantitative estimate of drug-likeness (QED) is 0.663. The Kier molecular flexibility index (Phi) is 3.13. The molecule has 1 aromatic rings. The van der Waals surface area contributed by atoms with Gasteiger partial charge < -0.3 is 0 Å². The lowest BCUT2D eigenvalue weighted by atomic mass is 10.0. The van der Waals surface area contributed by atoms with E-state index in [1.807, 2.05) is 0 Å². The van der Waals surface area contributed by atoms with Crippen LogP contribution in [0.15, 0.2) is 18.2 Å². The van der Waals surface area contributed by atoms with E-state index >= 15 is 0 Å². The van der Waals surface area contributed by atoms with Crippen molar-refractivity contribution in [2.45, 2.75) is 25.7 Å². The van der Waals surface area contributed by atoms with Crippen LogP contribution in [-0.2, 0) is 6.42 Å². The molecule has 0 atom stereocenters. The lowest BCUT2D eigenvalue weighted by Gasteiger charge is -2.14. The van der Waals surface area contributed by atoms with Crippen molar-refractivity contribution in [2.75, 3.05) is 0 Å². The maximum Gasteiger partial charge on any atom is 0.252 e. The minimum Gasteiger partial charge on any atom is -0.207 e. The second-order valence-electron chi connectivity index (χ2n) is 3.12. The highest BCUT2D eigenvalue weighted by molar-refractivity contribution is 5.20. The van der Waals surface area contributed by atoms with Crippen molar-refractivity contribution < 1.29 is 17.6 Å². The molecule has 0 saturated carbocycles. The third kappa shape index (κ3) is 2.72. The van der Waals surface area contributed by atoms with Crippen molar-refractivity contribution in [1.29, 1.82) is 0 Å². The zero-order valence-electron chi connectivity index (χ0n) is 7.66. The topological polar surface area (TPSA) is 0 Å². The van der Waals surface area contributed by atoms with Crippen LogP contribution >= 0.6 is 0 Å². The summed E-state index contributed by atoms with van der Waals surface area (Å²) in [7, 11) is 0. The maximum atomic E-state index is 12.9. The summed E-state index contributed by atoms with van der Waals surface area (Å²) in [5, 5.41) is 0. The average molecular weight is 206 g/mol. The van der Waals surface area contributed by atoms with Crippen LogP contribution in [0.4, 0.5) is 17.6 Å². The van der Waals surface area contributed by atoms with Crippen LogP contribution in [-0.4, -0.2) is 5.92 Å². The van der Waals surface area contributed by atoms with Crippen LogP contribution in [0.1, 0.15) is 18.9 Å². The molecular formula is C10H10F4. The molecule has 0 saturated heterocycles. The van der Waals surface area contributed by atoms with E-state index in [1.165, 1.54) is 6.92 Å². The van der Waals surface area contributed by atoms with Crippen LogP contribution < -0.4 is 0 Å². The minimum absolute atomic E-state index is 0.281. The Labute approximate surface area is 79.6 Å². The Morgan fingerprint density at radius 1 is 1.21 bits per heavy atom. The van der Waals surface area contributed by atoms with Crippen molar-refractivity contribution >= 4 is 0 Å². The van der Waals surface area contributed by atoms with Gasteiger partial charge in [0.2, 0.25) is 0 Å². The van der Waals surface area contributed by atoms with Gasteiger partial charge in [0.15, 0.2) is 0 Å². The van der Waals surface area contributed by atoms with Crippen LogP contribution in [0, 0.1) is 11.6 Å². The smallest absolute Gasteiger partial charge is 0.207 e. The Hall–Kier alpha value is -1.06. The normalized spacial score (nSPS) is 11.8. The number of rotatable bonds is 3. The number of halogens is 4. The molecule has 0 nitrogen and oxygen atoms in total. The lowest BCUT2D eigenvalue weighted by Crippen LogP contribution is -2.18. The van der Waals surface area contributed by atoms with Crippen molar-refractivity contribution in [2.24, 2.45) is 0 Å². The molecule has 0 radical (unpaired) electrons. The van der Waals surface area contributed by atoms with E-state index in [-0.39, 0.29) is 12.0 Å². The van der Waals surface area contributed by atoms with Crippen molar-refractivity contribution in [1.82, 2.24) is 0 Å². The largest absolute Gasteiger partial charge is 0.252 e. The molecular weight excluding hydrogens is 196 g/mol. The van der Waals surface area contributed by atoms with Crippen LogP contribution in [0.2, 0.25) is 0 Å². The highest BCUT2D eigenvalue weighted by Crippen LogP contribution is 2.25. The molecule has 0 aliphatic carbocycles. The fourth-order valence-corrected chi connectivity index (χ4v) is 1.08. The SMILES string of the molecule is CCC(F)(F)Cc1cc(F)ccc1F. The molecule has 78 valence electrons. The fourth-order valence-electron chi connectivity index (χ4n) is 1.08. The van der Waals surface area contributed by atoms with Gasteiger partial charge in [0, 0.05) is 12.8 Å². The van der Waals surface area contributed by atoms with Crippen molar-refractivity contribution in [3.8, 4) is 0 Å². The first-order chi connectivity index (χ1) is 6.44. The van der Waals surface area contributed by atoms with E-state index < -0.39 is 24.0 Å². The van der Waals surface area contributed by atoms with Gasteiger partial charge in [0.1, 0.15) is 11.6 Å². The molecule has 0 spiro atoms. The van der Waals surface area contributed by atoms with Crippen LogP contribution in [0.25, 0.3) is 0 Å². The summed E-state index contributed by atoms with van der Waals surface area (Å²) in [5.74, 6) is -4.47. The van der Waals surface area contributed by atoms with Gasteiger partial charge in [-0.2, -0.15) is 0 Å². The first-order valence-corrected chi connectivity index (χ1v) is 4.26. The molecule has 0 aliphatic heterocycles. The molecule has 0 unspecified atom stereocenters. The second kappa shape index (κ2) is 3.98. The summed E-state index contributed by atoms with van der Waals surface area (Å²) in [4.78, 5) is 0. The highest BCUT2D eigenvalue weighted by atomic mass is 19.3. The first-order valence-electron chi connectivity index (χ1n) is 4.26. The van der Waals surface area contributed by atoms with Gasteiger partial charge in [-0.1, -0.05) is 6.92 Å². The van der Waals surface area contributed by atoms with Gasteiger partial charge >= 0.3 is 0 Å². The average Bonchev–Trinajstić information content (AvgIpc) is 2.11. The van der Waals surface area contributed by atoms with E-state index in [0.29, 0.717) is 0 Å². The van der Waals surface area contributed by atoms with Crippen molar-refractivity contribution in [3.63, 3.8) is 0 Å². The van der Waals surface area contributed by atoms with Crippen molar-refractivity contribution in [3.05, 3.63) is 35.4 Å². The van der Waals surface area contributed by atoms with E-state index in [1.54, 1.807) is 0 Å². The van der Waals surface area contributed by atoms with Gasteiger partial charge in [-0.3, -0.25) is 0 Å². The van der Waals surface area contributed by atoms with Gasteiger partial charge in [-0.05, 0) is 23.8 Å². The molecule has 0 N–H and O–H groups in total. The zero-order chi connectivity index (χ0) is 10.8. The number of benzene rings is 1. The maximum absolute atomic E-state index is 12.9. The van der Waals surface area contributed by atoms with Crippen LogP contribution in [0.3, 0.4) is 0 Å². The van der Waals surface area contributed by atoms with Gasteiger partial charge in [-0.25, -0.2) is 17.6 Å². The standard InChI is InChI=1S/C10H10F4/c1-2-10(13,14)6-7-5-8(11)3-4-9(7)12/h3-5H,2,6H2,1H3. The Bertz CT molecular complexity index is 320. The van der Waals surface area contributed by atoms with E-state index in [4.69, 9.17) is 0 Å². The summed E-state index contributed by atoms with van der Waals surface area (Å²) in [5.41, 5.74) is -0.281. The first kappa shape index (κ1) is 11.0. The number of hydrogen-bond acceptors (Lipinski definition) is 0. The van der Waals surface area contributed by atoms with Crippen LogP contribution in [0.5, 0.6) is 0 Å². The summed E-state index contributed by atoms with van der Waals surface area (Å²) in [6.45, 7) is 1.30. The van der Waals surface area contributed by atoms with E-state index in [2.05, 4.69) is 0 Å². The predicted molar refractivity (Wildman–Crippen MR) is 45.3 cm³/mol. The summed E-state index contributed by atoms with van der Waals surface area (Å²) in [6, 6.07) is 2.57. The third-order valence-electron chi connectivity index (χ3n) is 1.97. The monoisotopic (exact) mass is 206 g/mol. The van der Waals surface area contributed by atoms with Gasteiger partial charge in [0.25, 0.3) is 5.92 Å². The lowest BCUT2D eigenvalue weighted by molar-refractivity contribution is -0.00301. The molecule has 0 fully saturated rings. The molecule has 0 aromatic heterocycles.